The average Bonchev–Trinajstić information content (AvgIpc) is 2.87. The van der Waals surface area contributed by atoms with E-state index in [2.05, 4.69) is 4.72 Å². The van der Waals surface area contributed by atoms with Crippen LogP contribution in [-0.2, 0) is 26.0 Å². The molecule has 1 fully saturated rings. The number of hydrogen-bond donors (Lipinski definition) is 1. The van der Waals surface area contributed by atoms with Gasteiger partial charge in [0.2, 0.25) is 15.9 Å². The number of carbonyl (C=O) groups excluding carboxylic acids is 1. The zero-order chi connectivity index (χ0) is 16.9. The number of likely N-dealkylation sites (tertiary alicyclic amines) is 1. The minimum absolute atomic E-state index is 0.00517. The van der Waals surface area contributed by atoms with Crippen LogP contribution in [0.25, 0.3) is 0 Å². The van der Waals surface area contributed by atoms with Gasteiger partial charge in [-0.25, -0.2) is 13.1 Å². The highest BCUT2D eigenvalue weighted by atomic mass is 32.2. The van der Waals surface area contributed by atoms with E-state index >= 15 is 0 Å². The molecule has 1 saturated heterocycles. The topological polar surface area (TPSA) is 75.7 Å². The van der Waals surface area contributed by atoms with Gasteiger partial charge in [0, 0.05) is 19.7 Å². The summed E-state index contributed by atoms with van der Waals surface area (Å²) in [7, 11) is -1.75. The second-order valence-corrected chi connectivity index (χ2v) is 7.65. The van der Waals surface area contributed by atoms with Crippen molar-refractivity contribution in [1.82, 2.24) is 9.62 Å². The Morgan fingerprint density at radius 1 is 1.35 bits per heavy atom. The van der Waals surface area contributed by atoms with E-state index < -0.39 is 10.0 Å². The van der Waals surface area contributed by atoms with Crippen molar-refractivity contribution in [1.29, 1.82) is 0 Å². The van der Waals surface area contributed by atoms with E-state index in [9.17, 15) is 13.2 Å². The van der Waals surface area contributed by atoms with Crippen molar-refractivity contribution in [2.45, 2.75) is 31.3 Å². The Kier molecular flexibility index (Phi) is 6.15. The fraction of sp³-hybridized carbons (Fsp3) is 0.562. The molecule has 2 rings (SSSR count). The summed E-state index contributed by atoms with van der Waals surface area (Å²) >= 11 is 0. The number of amides is 1. The lowest BCUT2D eigenvalue weighted by Crippen LogP contribution is -2.47. The Bertz CT molecular complexity index is 618. The monoisotopic (exact) mass is 340 g/mol. The van der Waals surface area contributed by atoms with Crippen molar-refractivity contribution in [2.75, 3.05) is 26.5 Å². The normalized spacial score (nSPS) is 21.6. The number of methoxy groups -OCH3 is 1. The third kappa shape index (κ3) is 5.30. The van der Waals surface area contributed by atoms with Crippen LogP contribution in [0, 0.1) is 0 Å². The Morgan fingerprint density at radius 2 is 2.04 bits per heavy atom. The van der Waals surface area contributed by atoms with Crippen LogP contribution >= 0.6 is 0 Å². The largest absolute Gasteiger partial charge is 0.384 e. The van der Waals surface area contributed by atoms with Crippen LogP contribution in [-0.4, -0.2) is 57.8 Å². The van der Waals surface area contributed by atoms with Crippen molar-refractivity contribution in [3.05, 3.63) is 35.9 Å². The number of nitrogens with one attached hydrogen (secondary N) is 1. The SMILES string of the molecule is COCCC(=O)N1CCC(NS(C)(=O)=O)[C@@H]1Cc1ccccc1. The zero-order valence-corrected chi connectivity index (χ0v) is 14.4. The summed E-state index contributed by atoms with van der Waals surface area (Å²) in [6.45, 7) is 0.935. The van der Waals surface area contributed by atoms with Gasteiger partial charge in [-0.05, 0) is 18.4 Å². The lowest BCUT2D eigenvalue weighted by Gasteiger charge is -2.28. The van der Waals surface area contributed by atoms with E-state index in [1.807, 2.05) is 30.3 Å². The third-order valence-corrected chi connectivity index (χ3v) is 4.77. The number of ether oxygens (including phenoxy) is 1. The third-order valence-electron chi connectivity index (χ3n) is 4.04. The van der Waals surface area contributed by atoms with Crippen molar-refractivity contribution in [2.24, 2.45) is 0 Å². The fourth-order valence-electron chi connectivity index (χ4n) is 3.02. The summed E-state index contributed by atoms with van der Waals surface area (Å²) in [5, 5.41) is 0. The molecule has 2 atom stereocenters. The predicted molar refractivity (Wildman–Crippen MR) is 88.5 cm³/mol. The van der Waals surface area contributed by atoms with Gasteiger partial charge in [0.25, 0.3) is 0 Å². The fourth-order valence-corrected chi connectivity index (χ4v) is 3.84. The molecule has 1 aliphatic heterocycles. The number of benzene rings is 1. The van der Waals surface area contributed by atoms with E-state index in [-0.39, 0.29) is 18.0 Å². The first kappa shape index (κ1) is 17.9. The van der Waals surface area contributed by atoms with Crippen LogP contribution in [0.1, 0.15) is 18.4 Å². The molecule has 1 amide bonds. The van der Waals surface area contributed by atoms with E-state index in [0.717, 1.165) is 11.8 Å². The van der Waals surface area contributed by atoms with Crippen molar-refractivity contribution < 1.29 is 17.9 Å². The van der Waals surface area contributed by atoms with Crippen LogP contribution in [0.3, 0.4) is 0 Å². The predicted octanol–water partition coefficient (Wildman–Crippen LogP) is 0.784. The molecule has 1 aromatic carbocycles. The van der Waals surface area contributed by atoms with Crippen LogP contribution in [0.15, 0.2) is 30.3 Å². The molecule has 1 heterocycles. The standard InChI is InChI=1S/C16H24N2O4S/c1-22-11-9-16(19)18-10-8-14(17-23(2,20)21)15(18)12-13-6-4-3-5-7-13/h3-7,14-15,17H,8-12H2,1-2H3/t14?,15-/m0/s1. The van der Waals surface area contributed by atoms with E-state index in [4.69, 9.17) is 4.74 Å². The van der Waals surface area contributed by atoms with E-state index in [1.54, 1.807) is 12.0 Å². The zero-order valence-electron chi connectivity index (χ0n) is 13.6. The van der Waals surface area contributed by atoms with Crippen molar-refractivity contribution in [3.8, 4) is 0 Å². The highest BCUT2D eigenvalue weighted by Gasteiger charge is 2.37. The first-order valence-corrected chi connectivity index (χ1v) is 9.59. The number of nitrogens with zero attached hydrogens (tertiary/aromatic N) is 1. The summed E-state index contributed by atoms with van der Waals surface area (Å²) < 4.78 is 30.8. The minimum Gasteiger partial charge on any atom is -0.384 e. The van der Waals surface area contributed by atoms with Gasteiger partial charge >= 0.3 is 0 Å². The molecule has 1 N–H and O–H groups in total. The molecule has 6 nitrogen and oxygen atoms in total. The number of hydrogen-bond acceptors (Lipinski definition) is 4. The highest BCUT2D eigenvalue weighted by Crippen LogP contribution is 2.23. The number of sulfonamides is 1. The van der Waals surface area contributed by atoms with Gasteiger partial charge in [0.15, 0.2) is 0 Å². The van der Waals surface area contributed by atoms with Gasteiger partial charge in [0.1, 0.15) is 0 Å². The summed E-state index contributed by atoms with van der Waals surface area (Å²) in [6, 6.07) is 9.39. The summed E-state index contributed by atoms with van der Waals surface area (Å²) in [5.74, 6) is 0.00517. The molecule has 0 aromatic heterocycles. The Morgan fingerprint density at radius 3 is 2.65 bits per heavy atom. The molecule has 0 aliphatic carbocycles. The molecule has 0 radical (unpaired) electrons. The van der Waals surface area contributed by atoms with Gasteiger partial charge in [-0.15, -0.1) is 0 Å². The minimum atomic E-state index is -3.31. The van der Waals surface area contributed by atoms with Crippen LogP contribution in [0.4, 0.5) is 0 Å². The first-order valence-electron chi connectivity index (χ1n) is 7.70. The molecule has 0 bridgehead atoms. The maximum Gasteiger partial charge on any atom is 0.225 e. The average molecular weight is 340 g/mol. The maximum atomic E-state index is 12.4. The van der Waals surface area contributed by atoms with Gasteiger partial charge in [-0.2, -0.15) is 0 Å². The summed E-state index contributed by atoms with van der Waals surface area (Å²) in [4.78, 5) is 14.2. The lowest BCUT2D eigenvalue weighted by molar-refractivity contribution is -0.133. The quantitative estimate of drug-likeness (QED) is 0.796. The van der Waals surface area contributed by atoms with Crippen LogP contribution < -0.4 is 4.72 Å². The summed E-state index contributed by atoms with van der Waals surface area (Å²) in [6.07, 6.45) is 2.73. The molecule has 128 valence electrons. The molecular weight excluding hydrogens is 316 g/mol. The van der Waals surface area contributed by atoms with Crippen LogP contribution in [0.2, 0.25) is 0 Å². The van der Waals surface area contributed by atoms with Gasteiger partial charge in [-0.1, -0.05) is 30.3 Å². The molecule has 1 aliphatic rings. The molecular formula is C16H24N2O4S. The Labute approximate surface area is 137 Å². The van der Waals surface area contributed by atoms with Gasteiger partial charge in [0.05, 0.1) is 25.3 Å². The van der Waals surface area contributed by atoms with E-state index in [0.29, 0.717) is 32.4 Å². The second kappa shape index (κ2) is 7.90. The van der Waals surface area contributed by atoms with Crippen molar-refractivity contribution >= 4 is 15.9 Å². The lowest BCUT2D eigenvalue weighted by atomic mass is 10.0. The Balaban J connectivity index is 2.16. The smallest absolute Gasteiger partial charge is 0.225 e. The second-order valence-electron chi connectivity index (χ2n) is 5.87. The maximum absolute atomic E-state index is 12.4. The number of carbonyl (C=O) groups is 1. The van der Waals surface area contributed by atoms with E-state index in [1.165, 1.54) is 0 Å². The van der Waals surface area contributed by atoms with Gasteiger partial charge in [-0.3, -0.25) is 4.79 Å². The highest BCUT2D eigenvalue weighted by molar-refractivity contribution is 7.88. The molecule has 23 heavy (non-hydrogen) atoms. The number of rotatable bonds is 7. The summed E-state index contributed by atoms with van der Waals surface area (Å²) in [5.41, 5.74) is 1.09. The molecule has 0 spiro atoms. The first-order chi connectivity index (χ1) is 10.9. The van der Waals surface area contributed by atoms with Crippen LogP contribution in [0.5, 0.6) is 0 Å². The molecule has 7 heteroatoms. The molecule has 1 unspecified atom stereocenters. The van der Waals surface area contributed by atoms with Gasteiger partial charge < -0.3 is 9.64 Å². The van der Waals surface area contributed by atoms with Crippen molar-refractivity contribution in [3.63, 3.8) is 0 Å². The molecule has 1 aromatic rings. The Hall–Kier alpha value is -1.44. The molecule has 0 saturated carbocycles.